The van der Waals surface area contributed by atoms with Gasteiger partial charge in [-0.15, -0.1) is 10.2 Å². The maximum Gasteiger partial charge on any atom is 0.435 e. The van der Waals surface area contributed by atoms with Crippen molar-refractivity contribution in [2.24, 2.45) is 5.92 Å². The van der Waals surface area contributed by atoms with Crippen LogP contribution in [0.5, 0.6) is 0 Å². The number of nitrogens with zero attached hydrogens (tertiary/aromatic N) is 3. The first-order chi connectivity index (χ1) is 9.91. The van der Waals surface area contributed by atoms with Crippen molar-refractivity contribution in [2.75, 3.05) is 24.5 Å². The van der Waals surface area contributed by atoms with Crippen molar-refractivity contribution in [3.05, 3.63) is 17.8 Å². The Hall–Kier alpha value is -1.86. The van der Waals surface area contributed by atoms with Crippen molar-refractivity contribution >= 4 is 11.7 Å². The fourth-order valence-corrected chi connectivity index (χ4v) is 2.33. The molecule has 0 atom stereocenters. The molecule has 1 aromatic rings. The van der Waals surface area contributed by atoms with Crippen LogP contribution in [0.4, 0.5) is 19.0 Å². The molecule has 1 aliphatic rings. The summed E-state index contributed by atoms with van der Waals surface area (Å²) >= 11 is 0. The van der Waals surface area contributed by atoms with Crippen LogP contribution in [0, 0.1) is 5.92 Å². The number of nitrogens with one attached hydrogen (secondary N) is 1. The molecule has 2 rings (SSSR count). The van der Waals surface area contributed by atoms with E-state index in [1.165, 1.54) is 6.07 Å². The molecular weight excluding hydrogens is 285 g/mol. The lowest BCUT2D eigenvalue weighted by Gasteiger charge is -2.31. The van der Waals surface area contributed by atoms with Gasteiger partial charge in [0.15, 0.2) is 11.5 Å². The van der Waals surface area contributed by atoms with Crippen molar-refractivity contribution in [1.29, 1.82) is 0 Å². The van der Waals surface area contributed by atoms with Crippen LogP contribution in [0.1, 0.15) is 25.5 Å². The average Bonchev–Trinajstić information content (AvgIpc) is 2.47. The molecule has 21 heavy (non-hydrogen) atoms. The van der Waals surface area contributed by atoms with Crippen LogP contribution in [-0.2, 0) is 11.0 Å². The fraction of sp³-hybridized carbons (Fsp3) is 0.615. The Labute approximate surface area is 120 Å². The van der Waals surface area contributed by atoms with Crippen LogP contribution in [-0.4, -0.2) is 35.7 Å². The predicted molar refractivity (Wildman–Crippen MR) is 70.7 cm³/mol. The smallest absolute Gasteiger partial charge is 0.356 e. The van der Waals surface area contributed by atoms with Crippen LogP contribution in [0.2, 0.25) is 0 Å². The Morgan fingerprint density at radius 3 is 2.48 bits per heavy atom. The molecule has 0 radical (unpaired) electrons. The van der Waals surface area contributed by atoms with Gasteiger partial charge in [-0.3, -0.25) is 4.79 Å². The Balaban J connectivity index is 1.95. The lowest BCUT2D eigenvalue weighted by Crippen LogP contribution is -2.40. The summed E-state index contributed by atoms with van der Waals surface area (Å²) in [6, 6.07) is 2.25. The van der Waals surface area contributed by atoms with Gasteiger partial charge in [-0.25, -0.2) is 0 Å². The lowest BCUT2D eigenvalue weighted by molar-refractivity contribution is -0.141. The van der Waals surface area contributed by atoms with E-state index in [4.69, 9.17) is 0 Å². The van der Waals surface area contributed by atoms with Crippen molar-refractivity contribution in [1.82, 2.24) is 15.5 Å². The topological polar surface area (TPSA) is 58.1 Å². The third-order valence-corrected chi connectivity index (χ3v) is 3.48. The molecule has 0 aliphatic carbocycles. The number of anilines is 1. The van der Waals surface area contributed by atoms with E-state index >= 15 is 0 Å². The summed E-state index contributed by atoms with van der Waals surface area (Å²) in [7, 11) is 0. The summed E-state index contributed by atoms with van der Waals surface area (Å²) in [4.78, 5) is 13.6. The van der Waals surface area contributed by atoms with E-state index in [1.807, 2.05) is 11.8 Å². The number of piperidine rings is 1. The van der Waals surface area contributed by atoms with Crippen LogP contribution in [0.3, 0.4) is 0 Å². The summed E-state index contributed by atoms with van der Waals surface area (Å²) in [6.07, 6.45) is -3.15. The molecule has 1 aliphatic heterocycles. The Kier molecular flexibility index (Phi) is 4.64. The van der Waals surface area contributed by atoms with E-state index in [-0.39, 0.29) is 11.8 Å². The van der Waals surface area contributed by atoms with E-state index in [2.05, 4.69) is 15.5 Å². The summed E-state index contributed by atoms with van der Waals surface area (Å²) in [6.45, 7) is 3.64. The van der Waals surface area contributed by atoms with Gasteiger partial charge >= 0.3 is 6.18 Å². The van der Waals surface area contributed by atoms with E-state index in [0.29, 0.717) is 38.3 Å². The molecule has 0 aromatic carbocycles. The first-order valence-corrected chi connectivity index (χ1v) is 6.85. The van der Waals surface area contributed by atoms with E-state index in [1.54, 1.807) is 0 Å². The molecule has 0 unspecified atom stereocenters. The second-order valence-electron chi connectivity index (χ2n) is 4.93. The first kappa shape index (κ1) is 15.5. The molecule has 116 valence electrons. The molecule has 0 saturated carbocycles. The molecule has 2 heterocycles. The highest BCUT2D eigenvalue weighted by atomic mass is 19.4. The van der Waals surface area contributed by atoms with Crippen molar-refractivity contribution in [2.45, 2.75) is 25.9 Å². The monoisotopic (exact) mass is 302 g/mol. The number of aromatic nitrogens is 2. The molecule has 1 N–H and O–H groups in total. The number of halogens is 3. The second-order valence-corrected chi connectivity index (χ2v) is 4.93. The van der Waals surface area contributed by atoms with Crippen LogP contribution in [0.15, 0.2) is 12.1 Å². The summed E-state index contributed by atoms with van der Waals surface area (Å²) in [5, 5.41) is 9.63. The van der Waals surface area contributed by atoms with E-state index in [0.717, 1.165) is 6.07 Å². The number of alkyl halides is 3. The van der Waals surface area contributed by atoms with Crippen molar-refractivity contribution < 1.29 is 18.0 Å². The highest BCUT2D eigenvalue weighted by Gasteiger charge is 2.33. The van der Waals surface area contributed by atoms with Gasteiger partial charge in [-0.2, -0.15) is 13.2 Å². The average molecular weight is 302 g/mol. The zero-order chi connectivity index (χ0) is 15.5. The van der Waals surface area contributed by atoms with Crippen LogP contribution >= 0.6 is 0 Å². The normalized spacial score (nSPS) is 16.9. The fourth-order valence-electron chi connectivity index (χ4n) is 2.33. The number of rotatable bonds is 3. The maximum atomic E-state index is 12.4. The minimum atomic E-state index is -4.48. The van der Waals surface area contributed by atoms with Crippen LogP contribution in [0.25, 0.3) is 0 Å². The summed E-state index contributed by atoms with van der Waals surface area (Å²) < 4.78 is 37.2. The first-order valence-electron chi connectivity index (χ1n) is 6.85. The van der Waals surface area contributed by atoms with Gasteiger partial charge in [0.2, 0.25) is 5.91 Å². The van der Waals surface area contributed by atoms with Gasteiger partial charge in [0.05, 0.1) is 0 Å². The predicted octanol–water partition coefficient (Wildman–Crippen LogP) is 1.85. The largest absolute Gasteiger partial charge is 0.435 e. The second kappa shape index (κ2) is 6.28. The quantitative estimate of drug-likeness (QED) is 0.926. The highest BCUT2D eigenvalue weighted by Crippen LogP contribution is 2.28. The van der Waals surface area contributed by atoms with Gasteiger partial charge in [-0.05, 0) is 31.9 Å². The van der Waals surface area contributed by atoms with E-state index in [9.17, 15) is 18.0 Å². The van der Waals surface area contributed by atoms with Crippen LogP contribution < -0.4 is 10.2 Å². The number of hydrogen-bond acceptors (Lipinski definition) is 4. The molecular formula is C13H17F3N4O. The summed E-state index contributed by atoms with van der Waals surface area (Å²) in [5.74, 6) is 0.414. The van der Waals surface area contributed by atoms with Crippen molar-refractivity contribution in [3.63, 3.8) is 0 Å². The zero-order valence-electron chi connectivity index (χ0n) is 11.7. The minimum Gasteiger partial charge on any atom is -0.356 e. The number of hydrogen-bond donors (Lipinski definition) is 1. The maximum absolute atomic E-state index is 12.4. The number of amides is 1. The van der Waals surface area contributed by atoms with Gasteiger partial charge in [0.25, 0.3) is 0 Å². The zero-order valence-corrected chi connectivity index (χ0v) is 11.7. The summed E-state index contributed by atoms with van der Waals surface area (Å²) in [5.41, 5.74) is -0.997. The Morgan fingerprint density at radius 2 is 2.00 bits per heavy atom. The molecule has 1 aromatic heterocycles. The van der Waals surface area contributed by atoms with E-state index < -0.39 is 11.9 Å². The SMILES string of the molecule is CCNC(=O)C1CCN(c2ccc(C(F)(F)F)nn2)CC1. The van der Waals surface area contributed by atoms with Gasteiger partial charge in [0.1, 0.15) is 0 Å². The van der Waals surface area contributed by atoms with Gasteiger partial charge in [-0.1, -0.05) is 0 Å². The highest BCUT2D eigenvalue weighted by molar-refractivity contribution is 5.78. The molecule has 0 spiro atoms. The third-order valence-electron chi connectivity index (χ3n) is 3.48. The molecule has 1 amide bonds. The molecule has 8 heteroatoms. The molecule has 1 saturated heterocycles. The van der Waals surface area contributed by atoms with Gasteiger partial charge in [0, 0.05) is 25.6 Å². The molecule has 5 nitrogen and oxygen atoms in total. The van der Waals surface area contributed by atoms with Gasteiger partial charge < -0.3 is 10.2 Å². The third kappa shape index (κ3) is 3.83. The standard InChI is InChI=1S/C13H17F3N4O/c1-2-17-12(21)9-5-7-20(8-6-9)11-4-3-10(18-19-11)13(14,15)16/h3-4,9H,2,5-8H2,1H3,(H,17,21). The number of carbonyl (C=O) groups excluding carboxylic acids is 1. The minimum absolute atomic E-state index is 0.0376. The molecule has 1 fully saturated rings. The number of carbonyl (C=O) groups is 1. The molecule has 0 bridgehead atoms. The van der Waals surface area contributed by atoms with Crippen molar-refractivity contribution in [3.8, 4) is 0 Å². The Bertz CT molecular complexity index is 481. The lowest BCUT2D eigenvalue weighted by atomic mass is 9.96. The Morgan fingerprint density at radius 1 is 1.33 bits per heavy atom.